The van der Waals surface area contributed by atoms with Gasteiger partial charge in [-0.1, -0.05) is 35.3 Å². The van der Waals surface area contributed by atoms with Crippen molar-refractivity contribution in [3.63, 3.8) is 0 Å². The lowest BCUT2D eigenvalue weighted by Crippen LogP contribution is -2.31. The van der Waals surface area contributed by atoms with Crippen LogP contribution in [0.25, 0.3) is 0 Å². The van der Waals surface area contributed by atoms with Crippen LogP contribution in [-0.2, 0) is 6.54 Å². The molecule has 0 N–H and O–H groups in total. The number of hydrogen-bond donors (Lipinski definition) is 0. The third kappa shape index (κ3) is 3.36. The Morgan fingerprint density at radius 1 is 1.09 bits per heavy atom. The van der Waals surface area contributed by atoms with Crippen LogP contribution in [0.5, 0.6) is 5.75 Å². The number of methoxy groups -OCH3 is 1. The topological polar surface area (TPSA) is 12.5 Å². The van der Waals surface area contributed by atoms with E-state index in [0.29, 0.717) is 16.0 Å². The van der Waals surface area contributed by atoms with Crippen molar-refractivity contribution in [2.24, 2.45) is 0 Å². The minimum atomic E-state index is 0. The molecule has 2 aromatic rings. The summed E-state index contributed by atoms with van der Waals surface area (Å²) < 4.78 is 5.33. The van der Waals surface area contributed by atoms with Gasteiger partial charge in [0.05, 0.1) is 17.2 Å². The first-order valence-corrected chi connectivity index (χ1v) is 7.64. The molecule has 1 heterocycles. The van der Waals surface area contributed by atoms with E-state index in [-0.39, 0.29) is 12.4 Å². The van der Waals surface area contributed by atoms with E-state index in [1.165, 1.54) is 16.7 Å². The molecule has 0 unspecified atom stereocenters. The summed E-state index contributed by atoms with van der Waals surface area (Å²) in [5.41, 5.74) is 3.84. The third-order valence-electron chi connectivity index (χ3n) is 4.01. The Bertz CT molecular complexity index is 675. The van der Waals surface area contributed by atoms with E-state index in [4.69, 9.17) is 27.9 Å². The van der Waals surface area contributed by atoms with Crippen LogP contribution in [0, 0.1) is 0 Å². The van der Waals surface area contributed by atoms with Crippen molar-refractivity contribution in [1.82, 2.24) is 4.90 Å². The second kappa shape index (κ2) is 7.10. The summed E-state index contributed by atoms with van der Waals surface area (Å²) >= 11 is 12.2. The molecular formula is C17H18Cl3NO. The molecule has 0 spiro atoms. The van der Waals surface area contributed by atoms with Crippen molar-refractivity contribution in [3.05, 3.63) is 63.1 Å². The highest BCUT2D eigenvalue weighted by atomic mass is 35.5. The van der Waals surface area contributed by atoms with Crippen LogP contribution in [0.1, 0.15) is 22.6 Å². The molecule has 0 radical (unpaired) electrons. The molecule has 0 aliphatic carbocycles. The lowest BCUT2D eigenvalue weighted by Gasteiger charge is -2.33. The molecule has 0 amide bonds. The monoisotopic (exact) mass is 357 g/mol. The van der Waals surface area contributed by atoms with Crippen LogP contribution in [0.2, 0.25) is 10.0 Å². The van der Waals surface area contributed by atoms with Crippen molar-refractivity contribution >= 4 is 35.6 Å². The largest absolute Gasteiger partial charge is 0.497 e. The minimum absolute atomic E-state index is 0. The van der Waals surface area contributed by atoms with Gasteiger partial charge in [-0.25, -0.2) is 0 Å². The van der Waals surface area contributed by atoms with Gasteiger partial charge < -0.3 is 9.64 Å². The Balaban J connectivity index is 0.00000176. The number of benzene rings is 2. The highest BCUT2D eigenvalue weighted by Crippen LogP contribution is 2.36. The normalized spacial score (nSPS) is 17.5. The zero-order valence-corrected chi connectivity index (χ0v) is 14.8. The zero-order chi connectivity index (χ0) is 15.0. The van der Waals surface area contributed by atoms with E-state index in [1.807, 2.05) is 18.2 Å². The zero-order valence-electron chi connectivity index (χ0n) is 12.5. The van der Waals surface area contributed by atoms with Gasteiger partial charge in [0.2, 0.25) is 0 Å². The number of nitrogens with zero attached hydrogens (tertiary/aromatic N) is 1. The highest BCUT2D eigenvalue weighted by molar-refractivity contribution is 6.42. The standard InChI is InChI=1S/C17H17Cl2NO.ClH/c1-20-9-12-7-13(21-2)4-5-14(12)15(10-20)11-3-6-16(18)17(19)8-11;/h3-8,15H,9-10H2,1-2H3;1H/t15-;/m0./s1. The van der Waals surface area contributed by atoms with Crippen molar-refractivity contribution in [2.45, 2.75) is 12.5 Å². The molecule has 0 aromatic heterocycles. The molecule has 1 atom stereocenters. The molecule has 0 saturated heterocycles. The van der Waals surface area contributed by atoms with E-state index >= 15 is 0 Å². The maximum absolute atomic E-state index is 6.18. The van der Waals surface area contributed by atoms with Gasteiger partial charge in [0, 0.05) is 19.0 Å². The summed E-state index contributed by atoms with van der Waals surface area (Å²) in [7, 11) is 3.83. The molecule has 0 bridgehead atoms. The molecule has 2 aromatic carbocycles. The fraction of sp³-hybridized carbons (Fsp3) is 0.294. The smallest absolute Gasteiger partial charge is 0.119 e. The molecule has 0 saturated carbocycles. The third-order valence-corrected chi connectivity index (χ3v) is 4.75. The number of ether oxygens (including phenoxy) is 1. The molecule has 1 aliphatic heterocycles. The van der Waals surface area contributed by atoms with Crippen molar-refractivity contribution in [1.29, 1.82) is 0 Å². The fourth-order valence-corrected chi connectivity index (χ4v) is 3.27. The van der Waals surface area contributed by atoms with Gasteiger partial charge in [0.15, 0.2) is 0 Å². The molecule has 0 fully saturated rings. The van der Waals surface area contributed by atoms with Crippen molar-refractivity contribution in [3.8, 4) is 5.75 Å². The quantitative estimate of drug-likeness (QED) is 0.749. The average Bonchev–Trinajstić information content (AvgIpc) is 2.48. The Labute approximate surface area is 147 Å². The highest BCUT2D eigenvalue weighted by Gasteiger charge is 2.25. The molecule has 3 rings (SSSR count). The van der Waals surface area contributed by atoms with Gasteiger partial charge >= 0.3 is 0 Å². The van der Waals surface area contributed by atoms with Crippen LogP contribution in [0.3, 0.4) is 0 Å². The van der Waals surface area contributed by atoms with E-state index in [1.54, 1.807) is 7.11 Å². The van der Waals surface area contributed by atoms with Crippen LogP contribution in [0.4, 0.5) is 0 Å². The number of likely N-dealkylation sites (N-methyl/N-ethyl adjacent to an activating group) is 1. The average molecular weight is 359 g/mol. The first kappa shape index (κ1) is 17.4. The predicted octanol–water partition coefficient (Wildman–Crippen LogP) is 5.00. The van der Waals surface area contributed by atoms with Crippen molar-refractivity contribution < 1.29 is 4.74 Å². The summed E-state index contributed by atoms with van der Waals surface area (Å²) in [5.74, 6) is 1.20. The predicted molar refractivity (Wildman–Crippen MR) is 94.9 cm³/mol. The second-order valence-corrected chi connectivity index (χ2v) is 6.30. The van der Waals surface area contributed by atoms with Gasteiger partial charge in [-0.2, -0.15) is 0 Å². The first-order chi connectivity index (χ1) is 10.1. The summed E-state index contributed by atoms with van der Waals surface area (Å²) in [4.78, 5) is 2.31. The summed E-state index contributed by atoms with van der Waals surface area (Å²) in [6.45, 7) is 1.90. The van der Waals surface area contributed by atoms with Gasteiger partial charge in [-0.3, -0.25) is 0 Å². The summed E-state index contributed by atoms with van der Waals surface area (Å²) in [6.07, 6.45) is 0. The Morgan fingerprint density at radius 2 is 1.86 bits per heavy atom. The van der Waals surface area contributed by atoms with E-state index in [9.17, 15) is 0 Å². The maximum atomic E-state index is 6.18. The second-order valence-electron chi connectivity index (χ2n) is 5.49. The number of fused-ring (bicyclic) bond motifs is 1. The number of hydrogen-bond acceptors (Lipinski definition) is 2. The minimum Gasteiger partial charge on any atom is -0.497 e. The Morgan fingerprint density at radius 3 is 2.55 bits per heavy atom. The van der Waals surface area contributed by atoms with Crippen LogP contribution in [0.15, 0.2) is 36.4 Å². The molecule has 1 aliphatic rings. The Hall–Kier alpha value is -0.930. The molecular weight excluding hydrogens is 341 g/mol. The van der Waals surface area contributed by atoms with Gasteiger partial charge in [-0.05, 0) is 48.0 Å². The van der Waals surface area contributed by atoms with Crippen LogP contribution < -0.4 is 4.74 Å². The molecule has 118 valence electrons. The maximum Gasteiger partial charge on any atom is 0.119 e. The molecule has 5 heteroatoms. The van der Waals surface area contributed by atoms with Gasteiger partial charge in [0.25, 0.3) is 0 Å². The first-order valence-electron chi connectivity index (χ1n) is 6.89. The summed E-state index contributed by atoms with van der Waals surface area (Å²) in [6, 6.07) is 12.2. The Kier molecular flexibility index (Phi) is 5.62. The number of halogens is 3. The fourth-order valence-electron chi connectivity index (χ4n) is 2.97. The van der Waals surface area contributed by atoms with Crippen LogP contribution >= 0.6 is 35.6 Å². The van der Waals surface area contributed by atoms with E-state index in [0.717, 1.165) is 18.8 Å². The van der Waals surface area contributed by atoms with E-state index < -0.39 is 0 Å². The van der Waals surface area contributed by atoms with E-state index in [2.05, 4.69) is 30.1 Å². The van der Waals surface area contributed by atoms with Crippen LogP contribution in [-0.4, -0.2) is 25.6 Å². The lowest BCUT2D eigenvalue weighted by molar-refractivity contribution is 0.294. The molecule has 2 nitrogen and oxygen atoms in total. The SMILES string of the molecule is COc1ccc2c(c1)CN(C)C[C@H]2c1ccc(Cl)c(Cl)c1.Cl. The van der Waals surface area contributed by atoms with Crippen molar-refractivity contribution in [2.75, 3.05) is 20.7 Å². The molecule has 22 heavy (non-hydrogen) atoms. The summed E-state index contributed by atoms with van der Waals surface area (Å²) in [5, 5.41) is 1.21. The van der Waals surface area contributed by atoms with Gasteiger partial charge in [-0.15, -0.1) is 12.4 Å². The van der Waals surface area contributed by atoms with Gasteiger partial charge in [0.1, 0.15) is 5.75 Å². The number of rotatable bonds is 2. The lowest BCUT2D eigenvalue weighted by atomic mass is 9.85.